The van der Waals surface area contributed by atoms with E-state index in [2.05, 4.69) is 41.8 Å². The molecule has 42 heavy (non-hydrogen) atoms. The summed E-state index contributed by atoms with van der Waals surface area (Å²) in [5, 5.41) is 14.4. The number of β-amino-alcohol motifs (C(OH)–C–C–N with tert-alkyl or cyclic N) is 1. The predicted molar refractivity (Wildman–Crippen MR) is 171 cm³/mol. The van der Waals surface area contributed by atoms with Gasteiger partial charge in [0.25, 0.3) is 5.91 Å². The van der Waals surface area contributed by atoms with Crippen LogP contribution in [0.5, 0.6) is 0 Å². The third-order valence-electron chi connectivity index (χ3n) is 8.43. The molecule has 1 amide bonds. The Labute approximate surface area is 253 Å². The average molecular weight is 616 g/mol. The van der Waals surface area contributed by atoms with Gasteiger partial charge in [-0.1, -0.05) is 32.9 Å². The molecule has 1 unspecified atom stereocenters. The van der Waals surface area contributed by atoms with Crippen LogP contribution in [0.4, 0.5) is 5.69 Å². The van der Waals surface area contributed by atoms with Crippen LogP contribution in [0.1, 0.15) is 79.0 Å². The number of hydrogen-bond donors (Lipinski definition) is 4. The molecule has 1 aliphatic heterocycles. The van der Waals surface area contributed by atoms with Crippen molar-refractivity contribution in [3.05, 3.63) is 58.1 Å². The van der Waals surface area contributed by atoms with Crippen molar-refractivity contribution < 1.29 is 18.3 Å². The van der Waals surface area contributed by atoms with Gasteiger partial charge in [0.2, 0.25) is 10.0 Å². The van der Waals surface area contributed by atoms with Crippen molar-refractivity contribution in [1.29, 1.82) is 0 Å². The number of aromatic nitrogens is 1. The van der Waals surface area contributed by atoms with Gasteiger partial charge in [0, 0.05) is 29.9 Å². The van der Waals surface area contributed by atoms with E-state index in [1.165, 1.54) is 16.9 Å². The predicted octanol–water partition coefficient (Wildman–Crippen LogP) is 5.30. The first-order valence-electron chi connectivity index (χ1n) is 14.6. The lowest BCUT2D eigenvalue weighted by molar-refractivity contribution is 0.0677. The van der Waals surface area contributed by atoms with E-state index in [0.29, 0.717) is 36.0 Å². The fourth-order valence-electron chi connectivity index (χ4n) is 6.10. The molecule has 230 valence electrons. The molecule has 1 aromatic carbocycles. The Kier molecular flexibility index (Phi) is 9.99. The van der Waals surface area contributed by atoms with E-state index in [1.54, 1.807) is 18.2 Å². The molecule has 0 bridgehead atoms. The minimum atomic E-state index is -3.43. The number of rotatable bonds is 8. The lowest BCUT2D eigenvalue weighted by Crippen LogP contribution is -2.40. The zero-order valence-corrected chi connectivity index (χ0v) is 26.8. The molecule has 5 rings (SSSR count). The summed E-state index contributed by atoms with van der Waals surface area (Å²) in [5.74, 6) is 0.453. The molecule has 2 aromatic heterocycles. The molecule has 3 atom stereocenters. The number of anilines is 1. The quantitative estimate of drug-likeness (QED) is 0.269. The minimum Gasteiger partial charge on any atom is -0.392 e. The van der Waals surface area contributed by atoms with Crippen LogP contribution in [0.25, 0.3) is 10.2 Å². The van der Waals surface area contributed by atoms with Gasteiger partial charge in [0.1, 0.15) is 4.83 Å². The van der Waals surface area contributed by atoms with E-state index in [0.717, 1.165) is 66.4 Å². The van der Waals surface area contributed by atoms with E-state index in [4.69, 9.17) is 4.98 Å². The van der Waals surface area contributed by atoms with Gasteiger partial charge >= 0.3 is 0 Å². The Hall–Kier alpha value is -2.57. The number of nitrogens with zero attached hydrogens (tertiary/aromatic N) is 2. The number of likely N-dealkylation sites (tertiary alicyclic amines) is 1. The highest BCUT2D eigenvalue weighted by molar-refractivity contribution is 7.92. The van der Waals surface area contributed by atoms with Crippen LogP contribution in [0.3, 0.4) is 0 Å². The van der Waals surface area contributed by atoms with Crippen LogP contribution in [0.15, 0.2) is 36.4 Å². The number of thiophene rings is 1. The topological polar surface area (TPSA) is 147 Å². The van der Waals surface area contributed by atoms with Crippen molar-refractivity contribution in [1.82, 2.24) is 21.4 Å². The number of sulfonamides is 1. The van der Waals surface area contributed by atoms with Crippen LogP contribution < -0.4 is 16.2 Å². The summed E-state index contributed by atoms with van der Waals surface area (Å²) in [7, 11) is -3.43. The molecule has 1 fully saturated rings. The number of nitrogens with one attached hydrogen (secondary N) is 2. The van der Waals surface area contributed by atoms with Gasteiger partial charge < -0.3 is 21.5 Å². The van der Waals surface area contributed by atoms with Gasteiger partial charge in [0.05, 0.1) is 23.3 Å². The fourth-order valence-corrected chi connectivity index (χ4v) is 7.60. The van der Waals surface area contributed by atoms with Crippen molar-refractivity contribution >= 4 is 43.2 Å². The molecule has 3 heterocycles. The second-order valence-electron chi connectivity index (χ2n) is 12.8. The van der Waals surface area contributed by atoms with E-state index >= 15 is 0 Å². The summed E-state index contributed by atoms with van der Waals surface area (Å²) in [5.41, 5.74) is 3.99. The van der Waals surface area contributed by atoms with Crippen LogP contribution in [0.2, 0.25) is 0 Å². The number of pyridine rings is 1. The normalized spacial score (nSPS) is 20.4. The van der Waals surface area contributed by atoms with Crippen molar-refractivity contribution in [2.24, 2.45) is 11.3 Å². The maximum atomic E-state index is 13.6. The Morgan fingerprint density at radius 1 is 1.21 bits per heavy atom. The summed E-state index contributed by atoms with van der Waals surface area (Å²) in [6.45, 7) is 9.16. The summed E-state index contributed by atoms with van der Waals surface area (Å²) < 4.78 is 26.2. The molecule has 0 radical (unpaired) electrons. The Morgan fingerprint density at radius 2 is 2.00 bits per heavy atom. The van der Waals surface area contributed by atoms with Crippen molar-refractivity contribution in [2.75, 3.05) is 30.6 Å². The van der Waals surface area contributed by atoms with Gasteiger partial charge in [-0.2, -0.15) is 0 Å². The molecule has 1 aliphatic carbocycles. The lowest BCUT2D eigenvalue weighted by Gasteiger charge is -2.34. The molecule has 9 nitrogen and oxygen atoms in total. The SMILES string of the molecule is CC(C)(C)[C@H]1CCc2nc3sc(C(=O)N[C@H](CCN4CCCC(O)C4)c4cccc(NS(C)(=O)=O)c4)cc3cc2C1.N. The van der Waals surface area contributed by atoms with Gasteiger partial charge in [-0.25, -0.2) is 13.4 Å². The van der Waals surface area contributed by atoms with Crippen molar-refractivity contribution in [3.63, 3.8) is 0 Å². The number of fused-ring (bicyclic) bond motifs is 2. The first kappa shape index (κ1) is 32.3. The van der Waals surface area contributed by atoms with Gasteiger partial charge in [0.15, 0.2) is 0 Å². The largest absolute Gasteiger partial charge is 0.392 e. The zero-order chi connectivity index (χ0) is 29.4. The number of aliphatic hydroxyl groups excluding tert-OH is 1. The molecular weight excluding hydrogens is 571 g/mol. The van der Waals surface area contributed by atoms with Crippen LogP contribution in [-0.2, 0) is 22.9 Å². The van der Waals surface area contributed by atoms with Gasteiger partial charge in [-0.05, 0) is 91.8 Å². The van der Waals surface area contributed by atoms with Gasteiger partial charge in [-0.3, -0.25) is 9.52 Å². The third-order valence-corrected chi connectivity index (χ3v) is 10.1. The second kappa shape index (κ2) is 13.0. The number of aliphatic hydroxyl groups is 1. The highest BCUT2D eigenvalue weighted by atomic mass is 32.2. The Balaban J connectivity index is 0.00000405. The van der Waals surface area contributed by atoms with Crippen molar-refractivity contribution in [2.45, 2.75) is 71.4 Å². The molecule has 2 aliphatic rings. The summed E-state index contributed by atoms with van der Waals surface area (Å²) >= 11 is 1.42. The number of carbonyl (C=O) groups excluding carboxylic acids is 1. The average Bonchev–Trinajstić information content (AvgIpc) is 3.31. The molecule has 3 aromatic rings. The first-order valence-corrected chi connectivity index (χ1v) is 17.3. The number of carbonyl (C=O) groups is 1. The maximum absolute atomic E-state index is 13.6. The van der Waals surface area contributed by atoms with Crippen LogP contribution in [0, 0.1) is 11.3 Å². The van der Waals surface area contributed by atoms with Crippen LogP contribution in [-0.4, -0.2) is 61.3 Å². The fraction of sp³-hybridized carbons (Fsp3) is 0.548. The monoisotopic (exact) mass is 615 g/mol. The standard InChI is InChI=1S/C31H42N4O4S2.H3N/c1-31(2,3)23-10-11-26-21(16-23)15-22-18-28(40-30(22)33-26)29(37)32-27(12-14-35-13-6-9-25(36)19-35)20-7-5-8-24(17-20)34-41(4,38)39;/h5,7-8,15,17-18,23,25,27,34,36H,6,9-14,16,19H2,1-4H3,(H,32,37);1H3/t23-,25?,27+;/m0./s1. The van der Waals surface area contributed by atoms with E-state index < -0.39 is 10.0 Å². The molecule has 11 heteroatoms. The lowest BCUT2D eigenvalue weighted by atomic mass is 9.71. The molecular formula is C31H45N5O4S2. The number of piperidine rings is 1. The molecule has 1 saturated heterocycles. The van der Waals surface area contributed by atoms with Crippen molar-refractivity contribution in [3.8, 4) is 0 Å². The number of hydrogen-bond acceptors (Lipinski definition) is 8. The molecule has 6 N–H and O–H groups in total. The summed E-state index contributed by atoms with van der Waals surface area (Å²) in [6.07, 6.45) is 6.31. The van der Waals surface area contributed by atoms with Crippen LogP contribution >= 0.6 is 11.3 Å². The highest BCUT2D eigenvalue weighted by Crippen LogP contribution is 2.38. The maximum Gasteiger partial charge on any atom is 0.261 e. The number of aryl methyl sites for hydroxylation is 1. The molecule has 0 spiro atoms. The van der Waals surface area contributed by atoms with Gasteiger partial charge in [-0.15, -0.1) is 11.3 Å². The number of benzene rings is 1. The van der Waals surface area contributed by atoms with E-state index in [1.807, 2.05) is 12.1 Å². The molecule has 0 saturated carbocycles. The zero-order valence-electron chi connectivity index (χ0n) is 25.2. The first-order chi connectivity index (χ1) is 19.3. The Bertz CT molecular complexity index is 1520. The second-order valence-corrected chi connectivity index (χ2v) is 15.6. The highest BCUT2D eigenvalue weighted by Gasteiger charge is 2.30. The number of amides is 1. The summed E-state index contributed by atoms with van der Waals surface area (Å²) in [6, 6.07) is 11.0. The summed E-state index contributed by atoms with van der Waals surface area (Å²) in [4.78, 5) is 22.3. The minimum absolute atomic E-state index is 0. The van der Waals surface area contributed by atoms with E-state index in [-0.39, 0.29) is 29.6 Å². The Morgan fingerprint density at radius 3 is 2.71 bits per heavy atom. The van der Waals surface area contributed by atoms with E-state index in [9.17, 15) is 18.3 Å². The third kappa shape index (κ3) is 8.08. The smallest absolute Gasteiger partial charge is 0.261 e.